The molecule has 0 fully saturated rings. The molecule has 106 valence electrons. The van der Waals surface area contributed by atoms with Crippen LogP contribution in [0.15, 0.2) is 48.0 Å². The van der Waals surface area contributed by atoms with Crippen molar-refractivity contribution in [3.8, 4) is 0 Å². The largest absolute Gasteiger partial charge is 0.299 e. The predicted octanol–water partition coefficient (Wildman–Crippen LogP) is 4.88. The number of hydrogen-bond donors (Lipinski definition) is 0. The number of hydrogen-bond acceptors (Lipinski definition) is 4. The highest BCUT2D eigenvalue weighted by atomic mass is 79.9. The van der Waals surface area contributed by atoms with Gasteiger partial charge in [0.25, 0.3) is 5.69 Å². The molecule has 21 heavy (non-hydrogen) atoms. The second-order valence-corrected chi connectivity index (χ2v) is 6.60. The standard InChI is InChI=1S/C15H11BrN2O2S/c16-12(10-4-2-1-3-5-10)8-11-6-7-13-14(17-9-21-13)15(11)18(19)20/h1-7,9,12H,8H2. The van der Waals surface area contributed by atoms with Gasteiger partial charge in [-0.2, -0.15) is 0 Å². The van der Waals surface area contributed by atoms with Gasteiger partial charge >= 0.3 is 0 Å². The minimum atomic E-state index is -0.331. The smallest absolute Gasteiger partial charge is 0.258 e. The quantitative estimate of drug-likeness (QED) is 0.377. The lowest BCUT2D eigenvalue weighted by Gasteiger charge is -2.10. The molecule has 3 aromatic rings. The van der Waals surface area contributed by atoms with Crippen LogP contribution < -0.4 is 0 Å². The molecule has 0 aliphatic heterocycles. The zero-order chi connectivity index (χ0) is 14.8. The van der Waals surface area contributed by atoms with E-state index in [0.717, 1.165) is 10.3 Å². The van der Waals surface area contributed by atoms with E-state index in [-0.39, 0.29) is 15.4 Å². The third kappa shape index (κ3) is 2.82. The van der Waals surface area contributed by atoms with E-state index in [1.54, 1.807) is 5.51 Å². The van der Waals surface area contributed by atoms with E-state index in [9.17, 15) is 10.1 Å². The Bertz CT molecular complexity index is 789. The minimum absolute atomic E-state index is 0.0356. The molecule has 1 unspecified atom stereocenters. The van der Waals surface area contributed by atoms with E-state index in [1.165, 1.54) is 11.3 Å². The Hall–Kier alpha value is -1.79. The lowest BCUT2D eigenvalue weighted by Crippen LogP contribution is -2.01. The van der Waals surface area contributed by atoms with Gasteiger partial charge in [-0.1, -0.05) is 52.3 Å². The summed E-state index contributed by atoms with van der Waals surface area (Å²) in [5.41, 5.74) is 4.04. The molecule has 6 heteroatoms. The Morgan fingerprint density at radius 2 is 2.00 bits per heavy atom. The van der Waals surface area contributed by atoms with E-state index in [0.29, 0.717) is 17.5 Å². The molecule has 0 saturated heterocycles. The number of aromatic nitrogens is 1. The van der Waals surface area contributed by atoms with Crippen molar-refractivity contribution < 1.29 is 4.92 Å². The van der Waals surface area contributed by atoms with Gasteiger partial charge in [0.05, 0.1) is 15.1 Å². The summed E-state index contributed by atoms with van der Waals surface area (Å²) in [6.45, 7) is 0. The fourth-order valence-corrected chi connectivity index (χ4v) is 3.63. The van der Waals surface area contributed by atoms with Crippen LogP contribution in [0.3, 0.4) is 0 Å². The van der Waals surface area contributed by atoms with Gasteiger partial charge in [0, 0.05) is 10.4 Å². The predicted molar refractivity (Wildman–Crippen MR) is 88.1 cm³/mol. The minimum Gasteiger partial charge on any atom is -0.258 e. The third-order valence-corrected chi connectivity index (χ3v) is 4.95. The van der Waals surface area contributed by atoms with E-state index in [1.807, 2.05) is 42.5 Å². The van der Waals surface area contributed by atoms with Crippen LogP contribution in [-0.4, -0.2) is 9.91 Å². The molecule has 0 N–H and O–H groups in total. The summed E-state index contributed by atoms with van der Waals surface area (Å²) in [4.78, 5) is 15.3. The van der Waals surface area contributed by atoms with Crippen molar-refractivity contribution in [2.75, 3.05) is 0 Å². The summed E-state index contributed by atoms with van der Waals surface area (Å²) in [6, 6.07) is 13.6. The topological polar surface area (TPSA) is 56.0 Å². The zero-order valence-corrected chi connectivity index (χ0v) is 13.3. The first-order valence-electron chi connectivity index (χ1n) is 6.35. The van der Waals surface area contributed by atoms with Gasteiger partial charge in [-0.3, -0.25) is 10.1 Å². The number of halogens is 1. The molecule has 0 radical (unpaired) electrons. The molecule has 0 bridgehead atoms. The fraction of sp³-hybridized carbons (Fsp3) is 0.133. The van der Waals surface area contributed by atoms with Crippen molar-refractivity contribution in [1.82, 2.24) is 4.98 Å². The Morgan fingerprint density at radius 1 is 1.24 bits per heavy atom. The number of fused-ring (bicyclic) bond motifs is 1. The molecule has 0 spiro atoms. The van der Waals surface area contributed by atoms with E-state index in [4.69, 9.17) is 0 Å². The van der Waals surface area contributed by atoms with Crippen LogP contribution in [-0.2, 0) is 6.42 Å². The number of benzene rings is 2. The highest BCUT2D eigenvalue weighted by Gasteiger charge is 2.22. The van der Waals surface area contributed by atoms with Crippen molar-refractivity contribution >= 4 is 43.2 Å². The second kappa shape index (κ2) is 5.91. The number of nitro benzene ring substituents is 1. The van der Waals surface area contributed by atoms with Gasteiger partial charge in [-0.05, 0) is 18.1 Å². The van der Waals surface area contributed by atoms with Gasteiger partial charge < -0.3 is 0 Å². The first kappa shape index (κ1) is 14.2. The number of alkyl halides is 1. The third-order valence-electron chi connectivity index (χ3n) is 3.30. The van der Waals surface area contributed by atoms with Crippen LogP contribution >= 0.6 is 27.3 Å². The Kier molecular flexibility index (Phi) is 3.98. The second-order valence-electron chi connectivity index (χ2n) is 4.61. The van der Waals surface area contributed by atoms with Gasteiger partial charge in [0.1, 0.15) is 0 Å². The maximum Gasteiger partial charge on any atom is 0.299 e. The number of thiazole rings is 1. The van der Waals surface area contributed by atoms with Crippen LogP contribution in [0.5, 0.6) is 0 Å². The molecule has 1 aromatic heterocycles. The van der Waals surface area contributed by atoms with Gasteiger partial charge in [-0.15, -0.1) is 11.3 Å². The van der Waals surface area contributed by atoms with Crippen LogP contribution in [0.4, 0.5) is 5.69 Å². The van der Waals surface area contributed by atoms with Gasteiger partial charge in [-0.25, -0.2) is 4.98 Å². The van der Waals surface area contributed by atoms with Crippen LogP contribution in [0.1, 0.15) is 16.0 Å². The molecule has 0 saturated carbocycles. The van der Waals surface area contributed by atoms with Crippen molar-refractivity contribution in [3.05, 3.63) is 69.2 Å². The molecule has 2 aromatic carbocycles. The summed E-state index contributed by atoms with van der Waals surface area (Å²) in [6.07, 6.45) is 0.549. The monoisotopic (exact) mass is 362 g/mol. The lowest BCUT2D eigenvalue weighted by atomic mass is 10.0. The summed E-state index contributed by atoms with van der Waals surface area (Å²) in [5, 5.41) is 11.4. The molecule has 0 aliphatic rings. The average Bonchev–Trinajstić information content (AvgIpc) is 2.95. The first-order valence-corrected chi connectivity index (χ1v) is 8.15. The zero-order valence-electron chi connectivity index (χ0n) is 10.9. The van der Waals surface area contributed by atoms with Crippen LogP contribution in [0.25, 0.3) is 10.2 Å². The molecule has 4 nitrogen and oxygen atoms in total. The fourth-order valence-electron chi connectivity index (χ4n) is 2.30. The molecule has 0 amide bonds. The lowest BCUT2D eigenvalue weighted by molar-refractivity contribution is -0.383. The molecular formula is C15H11BrN2O2S. The van der Waals surface area contributed by atoms with Gasteiger partial charge in [0.2, 0.25) is 0 Å². The van der Waals surface area contributed by atoms with Crippen LogP contribution in [0, 0.1) is 10.1 Å². The van der Waals surface area contributed by atoms with E-state index in [2.05, 4.69) is 20.9 Å². The highest BCUT2D eigenvalue weighted by molar-refractivity contribution is 9.09. The average molecular weight is 363 g/mol. The molecular weight excluding hydrogens is 352 g/mol. The maximum absolute atomic E-state index is 11.4. The molecule has 0 aliphatic carbocycles. The summed E-state index contributed by atoms with van der Waals surface area (Å²) in [5.74, 6) is 0. The highest BCUT2D eigenvalue weighted by Crippen LogP contribution is 2.35. The summed E-state index contributed by atoms with van der Waals surface area (Å²) >= 11 is 5.04. The maximum atomic E-state index is 11.4. The van der Waals surface area contributed by atoms with Crippen LogP contribution in [0.2, 0.25) is 0 Å². The molecule has 1 heterocycles. The molecule has 1 atom stereocenters. The van der Waals surface area contributed by atoms with Crippen molar-refractivity contribution in [3.63, 3.8) is 0 Å². The Labute approximate surface area is 133 Å². The molecule has 3 rings (SSSR count). The number of rotatable bonds is 4. The number of nitro groups is 1. The number of nitrogens with zero attached hydrogens (tertiary/aromatic N) is 2. The Balaban J connectivity index is 2.00. The summed E-state index contributed by atoms with van der Waals surface area (Å²) in [7, 11) is 0. The van der Waals surface area contributed by atoms with Crippen molar-refractivity contribution in [1.29, 1.82) is 0 Å². The Morgan fingerprint density at radius 3 is 2.71 bits per heavy atom. The van der Waals surface area contributed by atoms with Gasteiger partial charge in [0.15, 0.2) is 5.52 Å². The van der Waals surface area contributed by atoms with Crippen molar-refractivity contribution in [2.24, 2.45) is 0 Å². The van der Waals surface area contributed by atoms with Crippen molar-refractivity contribution in [2.45, 2.75) is 11.2 Å². The normalized spacial score (nSPS) is 12.4. The first-order chi connectivity index (χ1) is 10.2. The van der Waals surface area contributed by atoms with E-state index < -0.39 is 0 Å². The summed E-state index contributed by atoms with van der Waals surface area (Å²) < 4.78 is 0.844. The SMILES string of the molecule is O=[N+]([O-])c1c(CC(Br)c2ccccc2)ccc2scnc12. The van der Waals surface area contributed by atoms with E-state index >= 15 is 0 Å².